The summed E-state index contributed by atoms with van der Waals surface area (Å²) in [6.45, 7) is 0. The normalized spacial score (nSPS) is 11.2. The van der Waals surface area contributed by atoms with Gasteiger partial charge in [0.1, 0.15) is 5.82 Å². The summed E-state index contributed by atoms with van der Waals surface area (Å²) < 4.78 is 2.30. The minimum atomic E-state index is 0.909. The summed E-state index contributed by atoms with van der Waals surface area (Å²) in [5.74, 6) is 0.909. The summed E-state index contributed by atoms with van der Waals surface area (Å²) in [5.41, 5.74) is 11.4. The van der Waals surface area contributed by atoms with Crippen molar-refractivity contribution in [3.05, 3.63) is 194 Å². The maximum absolute atomic E-state index is 5.29. The van der Waals surface area contributed by atoms with Crippen molar-refractivity contribution in [3.63, 3.8) is 0 Å². The van der Waals surface area contributed by atoms with Gasteiger partial charge in [0.05, 0.1) is 11.4 Å². The first-order chi connectivity index (χ1) is 24.8. The quantitative estimate of drug-likeness (QED) is 0.167. The lowest BCUT2D eigenvalue weighted by molar-refractivity contribution is 1.07. The Kier molecular flexibility index (Phi) is 7.73. The topological polar surface area (TPSA) is 17.8 Å². The zero-order chi connectivity index (χ0) is 33.3. The van der Waals surface area contributed by atoms with E-state index >= 15 is 0 Å². The Morgan fingerprint density at radius 3 is 1.50 bits per heavy atom. The molecule has 2 heterocycles. The van der Waals surface area contributed by atoms with Crippen LogP contribution < -0.4 is 0 Å². The van der Waals surface area contributed by atoms with E-state index in [2.05, 4.69) is 199 Å². The molecule has 0 aliphatic rings. The fourth-order valence-corrected chi connectivity index (χ4v) is 8.35. The lowest BCUT2D eigenvalue weighted by atomic mass is 9.94. The fourth-order valence-electron chi connectivity index (χ4n) is 6.97. The largest absolute Gasteiger partial charge is 0.298 e. The van der Waals surface area contributed by atoms with Crippen LogP contribution in [0.5, 0.6) is 0 Å². The molecule has 0 unspecified atom stereocenters. The first-order valence-corrected chi connectivity index (χ1v) is 17.7. The second-order valence-corrected chi connectivity index (χ2v) is 13.4. The summed E-state index contributed by atoms with van der Waals surface area (Å²) in [5, 5.41) is 2.49. The molecule has 0 aliphatic carbocycles. The number of hydrogen-bond acceptors (Lipinski definition) is 2. The Balaban J connectivity index is 1.35. The van der Waals surface area contributed by atoms with Gasteiger partial charge in [0, 0.05) is 49.0 Å². The van der Waals surface area contributed by atoms with Crippen LogP contribution >= 0.6 is 11.3 Å². The summed E-state index contributed by atoms with van der Waals surface area (Å²) in [6, 6.07) is 66.8. The van der Waals surface area contributed by atoms with Gasteiger partial charge in [-0.05, 0) is 28.3 Å². The Hall–Kier alpha value is -6.29. The average molecular weight is 657 g/mol. The molecule has 0 bridgehead atoms. The van der Waals surface area contributed by atoms with E-state index in [0.29, 0.717) is 0 Å². The number of fused-ring (bicyclic) bond motifs is 1. The molecule has 50 heavy (non-hydrogen) atoms. The van der Waals surface area contributed by atoms with Gasteiger partial charge >= 0.3 is 0 Å². The molecular weight excluding hydrogens is 625 g/mol. The maximum atomic E-state index is 5.29. The monoisotopic (exact) mass is 656 g/mol. The van der Waals surface area contributed by atoms with E-state index in [1.165, 1.54) is 53.9 Å². The Morgan fingerprint density at radius 1 is 0.380 bits per heavy atom. The molecule has 9 rings (SSSR count). The number of rotatable bonds is 7. The number of thiophene rings is 1. The van der Waals surface area contributed by atoms with Crippen LogP contribution in [0, 0.1) is 0 Å². The molecule has 3 heteroatoms. The first-order valence-electron chi connectivity index (χ1n) is 16.9. The SMILES string of the molecule is c1ccc(-c2cn(-c3cccc(-c4ccccc4)c3-c3sc(-c4ccccc4-c4ccccc4)c4ccccc34)c(-c3ccccc3)n2)cc1. The van der Waals surface area contributed by atoms with E-state index in [4.69, 9.17) is 4.98 Å². The number of aromatic nitrogens is 2. The highest BCUT2D eigenvalue weighted by atomic mass is 32.1. The molecule has 7 aromatic carbocycles. The van der Waals surface area contributed by atoms with Crippen molar-refractivity contribution in [2.45, 2.75) is 0 Å². The summed E-state index contributed by atoms with van der Waals surface area (Å²) in [4.78, 5) is 7.80. The number of hydrogen-bond donors (Lipinski definition) is 0. The molecule has 2 nitrogen and oxygen atoms in total. The fraction of sp³-hybridized carbons (Fsp3) is 0. The third-order valence-corrected chi connectivity index (χ3v) is 10.6. The molecule has 0 amide bonds. The predicted octanol–water partition coefficient (Wildman–Crippen LogP) is 13.1. The summed E-state index contributed by atoms with van der Waals surface area (Å²) in [6.07, 6.45) is 2.20. The van der Waals surface area contributed by atoms with E-state index in [0.717, 1.165) is 28.3 Å². The Bertz CT molecular complexity index is 2570. The van der Waals surface area contributed by atoms with Gasteiger partial charge in [-0.1, -0.05) is 182 Å². The second-order valence-electron chi connectivity index (χ2n) is 12.3. The van der Waals surface area contributed by atoms with Crippen molar-refractivity contribution in [2.75, 3.05) is 0 Å². The summed E-state index contributed by atoms with van der Waals surface area (Å²) in [7, 11) is 0. The molecule has 9 aromatic rings. The van der Waals surface area contributed by atoms with Gasteiger partial charge in [0.25, 0.3) is 0 Å². The molecule has 0 radical (unpaired) electrons. The minimum Gasteiger partial charge on any atom is -0.298 e. The van der Waals surface area contributed by atoms with Crippen LogP contribution in [-0.4, -0.2) is 9.55 Å². The van der Waals surface area contributed by atoms with Crippen molar-refractivity contribution in [2.24, 2.45) is 0 Å². The third kappa shape index (κ3) is 5.35. The Labute approximate surface area is 296 Å². The average Bonchev–Trinajstić information content (AvgIpc) is 3.82. The van der Waals surface area contributed by atoms with Gasteiger partial charge in [-0.2, -0.15) is 0 Å². The van der Waals surface area contributed by atoms with Crippen molar-refractivity contribution >= 4 is 22.1 Å². The standard InChI is InChI=1S/C47H32N2S/c1-5-18-33(19-6-1)37-26-13-14-27-39(37)45-40-28-15-16-29-41(40)46(50-45)44-38(34-20-7-2-8-21-34)30-17-31-43(44)49-32-42(35-22-9-3-10-23-35)48-47(49)36-24-11-4-12-25-36/h1-32H. The van der Waals surface area contributed by atoms with Crippen molar-refractivity contribution in [1.29, 1.82) is 0 Å². The van der Waals surface area contributed by atoms with Gasteiger partial charge in [-0.15, -0.1) is 11.3 Å². The molecule has 0 spiro atoms. The van der Waals surface area contributed by atoms with Crippen LogP contribution in [0.1, 0.15) is 0 Å². The van der Waals surface area contributed by atoms with E-state index in [1.807, 2.05) is 11.3 Å². The lowest BCUT2D eigenvalue weighted by Crippen LogP contribution is -2.00. The molecular formula is C47H32N2S. The summed E-state index contributed by atoms with van der Waals surface area (Å²) >= 11 is 1.88. The van der Waals surface area contributed by atoms with Gasteiger partial charge in [-0.25, -0.2) is 4.98 Å². The molecule has 0 atom stereocenters. The molecule has 0 aliphatic heterocycles. The third-order valence-electron chi connectivity index (χ3n) is 9.30. The van der Waals surface area contributed by atoms with E-state index in [1.54, 1.807) is 0 Å². The molecule has 0 fully saturated rings. The van der Waals surface area contributed by atoms with Crippen LogP contribution in [0.2, 0.25) is 0 Å². The zero-order valence-corrected chi connectivity index (χ0v) is 28.1. The minimum absolute atomic E-state index is 0.909. The number of imidazole rings is 1. The molecule has 2 aromatic heterocycles. The van der Waals surface area contributed by atoms with Crippen molar-refractivity contribution < 1.29 is 0 Å². The van der Waals surface area contributed by atoms with Gasteiger partial charge in [0.2, 0.25) is 0 Å². The zero-order valence-electron chi connectivity index (χ0n) is 27.3. The highest BCUT2D eigenvalue weighted by molar-refractivity contribution is 7.21. The predicted molar refractivity (Wildman–Crippen MR) is 212 cm³/mol. The highest BCUT2D eigenvalue weighted by Crippen LogP contribution is 2.50. The molecule has 236 valence electrons. The second kappa shape index (κ2) is 13.0. The first kappa shape index (κ1) is 29.8. The highest BCUT2D eigenvalue weighted by Gasteiger charge is 2.24. The Morgan fingerprint density at radius 2 is 0.860 bits per heavy atom. The van der Waals surface area contributed by atoms with Crippen LogP contribution in [0.25, 0.3) is 82.2 Å². The smallest absolute Gasteiger partial charge is 0.145 e. The van der Waals surface area contributed by atoms with Gasteiger partial charge < -0.3 is 0 Å². The van der Waals surface area contributed by atoms with Crippen LogP contribution in [0.4, 0.5) is 0 Å². The molecule has 0 N–H and O–H groups in total. The van der Waals surface area contributed by atoms with Crippen molar-refractivity contribution in [3.8, 4) is 71.5 Å². The van der Waals surface area contributed by atoms with Crippen LogP contribution in [0.15, 0.2) is 194 Å². The van der Waals surface area contributed by atoms with Gasteiger partial charge in [-0.3, -0.25) is 4.57 Å². The van der Waals surface area contributed by atoms with Gasteiger partial charge in [0.15, 0.2) is 0 Å². The number of nitrogens with zero attached hydrogens (tertiary/aromatic N) is 2. The molecule has 0 saturated heterocycles. The van der Waals surface area contributed by atoms with Crippen LogP contribution in [0.3, 0.4) is 0 Å². The number of benzene rings is 7. The van der Waals surface area contributed by atoms with E-state index in [-0.39, 0.29) is 0 Å². The lowest BCUT2D eigenvalue weighted by Gasteiger charge is -2.17. The van der Waals surface area contributed by atoms with Crippen LogP contribution in [-0.2, 0) is 0 Å². The molecule has 0 saturated carbocycles. The van der Waals surface area contributed by atoms with E-state index in [9.17, 15) is 0 Å². The van der Waals surface area contributed by atoms with E-state index < -0.39 is 0 Å². The van der Waals surface area contributed by atoms with Crippen molar-refractivity contribution in [1.82, 2.24) is 9.55 Å². The maximum Gasteiger partial charge on any atom is 0.145 e.